The number of nitrogens with two attached hydrogens (primary N) is 3. The zero-order valence-corrected chi connectivity index (χ0v) is 40.0. The molecule has 0 bridgehead atoms. The first-order valence-electron chi connectivity index (χ1n) is 13.5. The van der Waals surface area contributed by atoms with E-state index in [9.17, 15) is 30.3 Å². The Labute approximate surface area is 399 Å². The summed E-state index contributed by atoms with van der Waals surface area (Å²) in [5, 5.41) is 39.7. The molecule has 0 fully saturated rings. The maximum Gasteiger partial charge on any atom is 1.00 e. The van der Waals surface area contributed by atoms with Crippen molar-refractivity contribution < 1.29 is 134 Å². The van der Waals surface area contributed by atoms with Crippen LogP contribution in [0.3, 0.4) is 0 Å². The number of nitrogen functional groups attached to an aromatic ring is 3. The molecule has 3 aromatic rings. The van der Waals surface area contributed by atoms with Crippen molar-refractivity contribution in [3.05, 3.63) is 99.6 Å². The van der Waals surface area contributed by atoms with E-state index in [2.05, 4.69) is 67.1 Å². The van der Waals surface area contributed by atoms with Gasteiger partial charge >= 0.3 is 103 Å². The molecular formula is C31H37IK2N6O9Si2. The fraction of sp³-hybridized carbons (Fsp3) is 0.194. The van der Waals surface area contributed by atoms with Crippen molar-refractivity contribution in [1.29, 1.82) is 0 Å². The Hall–Kier alpha value is -2.19. The van der Waals surface area contributed by atoms with Crippen molar-refractivity contribution in [3.63, 3.8) is 0 Å². The summed E-state index contributed by atoms with van der Waals surface area (Å²) in [5.74, 6) is 5.25. The van der Waals surface area contributed by atoms with E-state index in [0.29, 0.717) is 11.1 Å². The number of halogens is 1. The van der Waals surface area contributed by atoms with Gasteiger partial charge in [0.25, 0.3) is 23.5 Å². The number of nitrogens with zero attached hydrogens (tertiary/aromatic N) is 3. The van der Waals surface area contributed by atoms with Crippen molar-refractivity contribution in [1.82, 2.24) is 0 Å². The van der Waals surface area contributed by atoms with Gasteiger partial charge in [0.15, 0.2) is 0 Å². The summed E-state index contributed by atoms with van der Waals surface area (Å²) < 4.78 is 0.809. The van der Waals surface area contributed by atoms with Gasteiger partial charge in [-0.05, 0) is 59.0 Å². The number of carbonyl (C=O) groups excluding carboxylic acids is 1. The standard InChI is InChI=1S/C11H14N2O2Si.C8H6N2O2.C6H5IN2O2.C5H10Si.CH2O3.2K.H/c1-16(2,3)7-6-9-4-5-10(12)11(8-9)13(14)15;1-2-6-3-4-7(9)8(5-6)10(11)12;7-4-1-2-5(8)6(3-4)9(10)11;1-5-6(2,3)4;2-1-4-3;;;/h4-5,8H,12H2,1-3H3;1,3-5H,9H2;1-3H,8H2;1H,2-4H3;1,3H;;;/q;;;;;2*+1;-1/p-1. The summed E-state index contributed by atoms with van der Waals surface area (Å²) in [5.41, 5.74) is 23.4. The van der Waals surface area contributed by atoms with Crippen molar-refractivity contribution in [3.8, 4) is 35.8 Å². The molecule has 0 aromatic heterocycles. The summed E-state index contributed by atoms with van der Waals surface area (Å²) in [4.78, 5) is 41.0. The maximum absolute atomic E-state index is 10.7. The molecular weight excluding hydrogens is 862 g/mol. The van der Waals surface area contributed by atoms with E-state index in [0.717, 1.165) is 3.57 Å². The predicted octanol–water partition coefficient (Wildman–Crippen LogP) is -0.602. The van der Waals surface area contributed by atoms with Crippen LogP contribution < -0.4 is 125 Å². The van der Waals surface area contributed by atoms with E-state index in [1.165, 1.54) is 36.4 Å². The van der Waals surface area contributed by atoms with Gasteiger partial charge in [-0.2, -0.15) is 0 Å². The third-order valence-corrected chi connectivity index (χ3v) is 7.28. The monoisotopic (exact) mass is 898 g/mol. The van der Waals surface area contributed by atoms with Gasteiger partial charge in [-0.3, -0.25) is 35.1 Å². The predicted molar refractivity (Wildman–Crippen MR) is 204 cm³/mol. The summed E-state index contributed by atoms with van der Waals surface area (Å²) in [7, 11) is -2.56. The first-order valence-corrected chi connectivity index (χ1v) is 21.6. The van der Waals surface area contributed by atoms with Crippen LogP contribution in [-0.4, -0.2) is 37.4 Å². The number of carbonyl (C=O) groups is 1. The Morgan fingerprint density at radius 2 is 1.06 bits per heavy atom. The number of hydrogen-bond acceptors (Lipinski definition) is 12. The SMILES string of the molecule is C#C[Si](C)(C)C.C#Cc1ccc(N)c([N+](=O)[O-])c1.C[Si](C)(C)C#Cc1ccc(N)c([N+](=O)[O-])c1.Nc1ccc(I)cc1[N+](=O)[O-].O=CO[O-].[H-].[K+].[K+]. The topological polar surface area (TPSA) is 257 Å². The molecule has 0 radical (unpaired) electrons. The minimum atomic E-state index is -1.46. The van der Waals surface area contributed by atoms with E-state index in [1.807, 2.05) is 22.6 Å². The molecule has 0 spiro atoms. The molecule has 20 heteroatoms. The Bertz CT molecular complexity index is 1790. The Morgan fingerprint density at radius 3 is 1.35 bits per heavy atom. The number of terminal acetylenes is 2. The first-order chi connectivity index (χ1) is 22.5. The van der Waals surface area contributed by atoms with Crippen LogP contribution in [0.2, 0.25) is 39.3 Å². The molecule has 0 saturated carbocycles. The van der Waals surface area contributed by atoms with Gasteiger partial charge in [-0.1, -0.05) is 51.1 Å². The van der Waals surface area contributed by atoms with Crippen molar-refractivity contribution in [2.24, 2.45) is 0 Å². The molecule has 0 saturated heterocycles. The van der Waals surface area contributed by atoms with Gasteiger partial charge in [-0.15, -0.1) is 23.9 Å². The van der Waals surface area contributed by atoms with Crippen LogP contribution in [0.15, 0.2) is 54.6 Å². The zero-order valence-electron chi connectivity index (χ0n) is 30.6. The average Bonchev–Trinajstić information content (AvgIpc) is 3.02. The molecule has 0 amide bonds. The van der Waals surface area contributed by atoms with Gasteiger partial charge in [0, 0.05) is 32.9 Å². The van der Waals surface area contributed by atoms with E-state index in [4.69, 9.17) is 40.1 Å². The number of nitro benzene ring substituents is 3. The molecule has 262 valence electrons. The maximum atomic E-state index is 10.7. The average molecular weight is 899 g/mol. The second kappa shape index (κ2) is 28.3. The van der Waals surface area contributed by atoms with Gasteiger partial charge in [0.1, 0.15) is 33.2 Å². The molecule has 0 aliphatic rings. The van der Waals surface area contributed by atoms with E-state index in [-0.39, 0.29) is 145 Å². The van der Waals surface area contributed by atoms with Crippen LogP contribution in [0.1, 0.15) is 12.6 Å². The van der Waals surface area contributed by atoms with Crippen LogP contribution in [0.4, 0.5) is 34.1 Å². The molecule has 51 heavy (non-hydrogen) atoms. The normalized spacial score (nSPS) is 9.06. The fourth-order valence-electron chi connectivity index (χ4n) is 2.51. The number of benzene rings is 3. The number of anilines is 3. The minimum Gasteiger partial charge on any atom is -1.00 e. The van der Waals surface area contributed by atoms with E-state index < -0.39 is 30.9 Å². The summed E-state index contributed by atoms with van der Waals surface area (Å²) in [6.07, 6.45) is 10.2. The molecule has 0 atom stereocenters. The number of nitro groups is 3. The minimum absolute atomic E-state index is 0. The molecule has 0 heterocycles. The van der Waals surface area contributed by atoms with Gasteiger partial charge in [0.05, 0.1) is 14.8 Å². The van der Waals surface area contributed by atoms with Crippen molar-refractivity contribution in [2.45, 2.75) is 39.3 Å². The molecule has 3 aromatic carbocycles. The Balaban J connectivity index is -0.000000185. The largest absolute Gasteiger partial charge is 1.00 e. The van der Waals surface area contributed by atoms with E-state index >= 15 is 0 Å². The van der Waals surface area contributed by atoms with Crippen LogP contribution in [0.25, 0.3) is 0 Å². The van der Waals surface area contributed by atoms with Crippen LogP contribution in [-0.2, 0) is 9.68 Å². The summed E-state index contributed by atoms with van der Waals surface area (Å²) >= 11 is 2.00. The molecule has 0 unspecified atom stereocenters. The smallest absolute Gasteiger partial charge is 1.00 e. The molecule has 15 nitrogen and oxygen atoms in total. The molecule has 0 aliphatic carbocycles. The van der Waals surface area contributed by atoms with Crippen LogP contribution in [0, 0.1) is 69.7 Å². The first kappa shape index (κ1) is 55.6. The molecule has 3 rings (SSSR count). The second-order valence-electron chi connectivity index (χ2n) is 11.3. The van der Waals surface area contributed by atoms with Gasteiger partial charge in [0.2, 0.25) is 0 Å². The Morgan fingerprint density at radius 1 is 0.725 bits per heavy atom. The van der Waals surface area contributed by atoms with Crippen LogP contribution >= 0.6 is 22.6 Å². The Kier molecular flexibility index (Phi) is 30.9. The van der Waals surface area contributed by atoms with Crippen molar-refractivity contribution >= 4 is 79.3 Å². The number of rotatable bonds is 4. The molecule has 6 N–H and O–H groups in total. The zero-order chi connectivity index (χ0) is 38.5. The third kappa shape index (κ3) is 27.1. The van der Waals surface area contributed by atoms with E-state index in [1.54, 1.807) is 18.2 Å². The van der Waals surface area contributed by atoms with Gasteiger partial charge in [-0.25, -0.2) is 0 Å². The van der Waals surface area contributed by atoms with Crippen LogP contribution in [0.5, 0.6) is 0 Å². The van der Waals surface area contributed by atoms with Gasteiger partial charge < -0.3 is 28.8 Å². The molecule has 0 aliphatic heterocycles. The fourth-order valence-corrected chi connectivity index (χ4v) is 3.50. The third-order valence-electron chi connectivity index (χ3n) is 4.86. The number of hydrogen-bond donors (Lipinski definition) is 3. The summed E-state index contributed by atoms with van der Waals surface area (Å²) in [6.45, 7) is 12.6. The second-order valence-corrected chi connectivity index (χ2v) is 22.0. The quantitative estimate of drug-likeness (QED) is 0.0434. The van der Waals surface area contributed by atoms with Crippen molar-refractivity contribution in [2.75, 3.05) is 17.2 Å². The summed E-state index contributed by atoms with van der Waals surface area (Å²) in [6, 6.07) is 13.6.